The van der Waals surface area contributed by atoms with Gasteiger partial charge in [-0.3, -0.25) is 9.59 Å². The minimum absolute atomic E-state index is 0.103. The van der Waals surface area contributed by atoms with Crippen LogP contribution in [0.2, 0.25) is 0 Å². The maximum atomic E-state index is 12.6. The van der Waals surface area contributed by atoms with Gasteiger partial charge in [-0.05, 0) is 59.6 Å². The zero-order valence-electron chi connectivity index (χ0n) is 17.2. The quantitative estimate of drug-likeness (QED) is 0.545. The van der Waals surface area contributed by atoms with Crippen LogP contribution in [0.4, 0.5) is 0 Å². The molecule has 158 valence electrons. The third-order valence-corrected chi connectivity index (χ3v) is 5.95. The van der Waals surface area contributed by atoms with E-state index in [1.165, 1.54) is 16.7 Å². The van der Waals surface area contributed by atoms with Gasteiger partial charge in [0, 0.05) is 11.6 Å². The fourth-order valence-electron chi connectivity index (χ4n) is 4.13. The number of carboxylic acid groups (broad SMARTS) is 1. The molecule has 1 atom stereocenters. The molecule has 0 aliphatic heterocycles. The summed E-state index contributed by atoms with van der Waals surface area (Å²) in [6.45, 7) is 0. The molecule has 1 aliphatic carbocycles. The molecule has 0 unspecified atom stereocenters. The molecule has 31 heavy (non-hydrogen) atoms. The summed E-state index contributed by atoms with van der Waals surface area (Å²) in [4.78, 5) is 23.5. The third-order valence-electron chi connectivity index (χ3n) is 5.95. The molecule has 0 saturated heterocycles. The molecule has 0 heterocycles. The highest BCUT2D eigenvalue weighted by Gasteiger charge is 2.32. The highest BCUT2D eigenvalue weighted by atomic mass is 16.4. The Morgan fingerprint density at radius 2 is 1.58 bits per heavy atom. The molecule has 1 amide bonds. The predicted octanol–water partition coefficient (Wildman–Crippen LogP) is 3.98. The molecule has 0 aromatic heterocycles. The van der Waals surface area contributed by atoms with Crippen molar-refractivity contribution in [1.29, 1.82) is 0 Å². The average Bonchev–Trinajstić information content (AvgIpc) is 2.77. The molecule has 0 radical (unpaired) electrons. The Hall–Kier alpha value is -3.44. The van der Waals surface area contributed by atoms with Crippen LogP contribution in [-0.4, -0.2) is 29.1 Å². The second-order valence-electron chi connectivity index (χ2n) is 8.14. The number of carboxylic acids is 1. The molecule has 0 spiro atoms. The van der Waals surface area contributed by atoms with Crippen LogP contribution in [0.25, 0.3) is 11.1 Å². The minimum atomic E-state index is -1.03. The van der Waals surface area contributed by atoms with E-state index in [1.807, 2.05) is 6.07 Å². The summed E-state index contributed by atoms with van der Waals surface area (Å²) in [6, 6.07) is 25.1. The largest absolute Gasteiger partial charge is 0.480 e. The first-order valence-electron chi connectivity index (χ1n) is 10.5. The first-order valence-corrected chi connectivity index (χ1v) is 10.5. The lowest BCUT2D eigenvalue weighted by atomic mass is 9.73. The molecular formula is C26H26N2O3. The van der Waals surface area contributed by atoms with Gasteiger partial charge >= 0.3 is 5.97 Å². The van der Waals surface area contributed by atoms with E-state index in [-0.39, 0.29) is 18.4 Å². The summed E-state index contributed by atoms with van der Waals surface area (Å²) < 4.78 is 0. The Kier molecular flexibility index (Phi) is 6.14. The lowest BCUT2D eigenvalue weighted by Crippen LogP contribution is -2.43. The summed E-state index contributed by atoms with van der Waals surface area (Å²) in [5, 5.41) is 12.0. The molecule has 1 saturated carbocycles. The van der Waals surface area contributed by atoms with Gasteiger partial charge in [0.2, 0.25) is 0 Å². The fourth-order valence-corrected chi connectivity index (χ4v) is 4.13. The van der Waals surface area contributed by atoms with Crippen molar-refractivity contribution in [3.63, 3.8) is 0 Å². The molecule has 3 aromatic carbocycles. The number of amides is 1. The Balaban J connectivity index is 1.35. The summed E-state index contributed by atoms with van der Waals surface area (Å²) in [6.07, 6.45) is 2.07. The number of nitrogens with two attached hydrogens (primary N) is 1. The van der Waals surface area contributed by atoms with Gasteiger partial charge in [-0.1, -0.05) is 66.7 Å². The van der Waals surface area contributed by atoms with Crippen molar-refractivity contribution in [2.45, 2.75) is 37.3 Å². The normalized spacial score (nSPS) is 18.6. The summed E-state index contributed by atoms with van der Waals surface area (Å²) in [7, 11) is 0. The molecule has 0 bridgehead atoms. The van der Waals surface area contributed by atoms with Crippen LogP contribution in [0.5, 0.6) is 0 Å². The molecule has 4 N–H and O–H groups in total. The zero-order chi connectivity index (χ0) is 21.8. The molecule has 5 heteroatoms. The van der Waals surface area contributed by atoms with E-state index in [1.54, 1.807) is 24.3 Å². The maximum Gasteiger partial charge on any atom is 0.320 e. The Morgan fingerprint density at radius 1 is 0.935 bits per heavy atom. The van der Waals surface area contributed by atoms with Crippen LogP contribution in [0.1, 0.15) is 40.2 Å². The number of carbonyl (C=O) groups is 2. The van der Waals surface area contributed by atoms with Crippen molar-refractivity contribution in [2.24, 2.45) is 5.73 Å². The van der Waals surface area contributed by atoms with Crippen molar-refractivity contribution < 1.29 is 14.7 Å². The Bertz CT molecular complexity index is 1060. The van der Waals surface area contributed by atoms with Gasteiger partial charge in [-0.15, -0.1) is 0 Å². The molecular weight excluding hydrogens is 388 g/mol. The van der Waals surface area contributed by atoms with Gasteiger partial charge in [0.25, 0.3) is 5.91 Å². The fraction of sp³-hybridized carbons (Fsp3) is 0.231. The first-order chi connectivity index (χ1) is 15.0. The number of carbonyl (C=O) groups excluding carboxylic acids is 1. The highest BCUT2D eigenvalue weighted by Crippen LogP contribution is 2.41. The van der Waals surface area contributed by atoms with Gasteiger partial charge in [0.05, 0.1) is 0 Å². The van der Waals surface area contributed by atoms with Crippen molar-refractivity contribution >= 4 is 11.9 Å². The lowest BCUT2D eigenvalue weighted by molar-refractivity contribution is -0.138. The van der Waals surface area contributed by atoms with E-state index in [0.717, 1.165) is 18.4 Å². The first kappa shape index (κ1) is 20.8. The maximum absolute atomic E-state index is 12.6. The number of benzene rings is 3. The van der Waals surface area contributed by atoms with Gasteiger partial charge in [-0.2, -0.15) is 0 Å². The Labute approximate surface area is 181 Å². The second-order valence-corrected chi connectivity index (χ2v) is 8.14. The molecule has 1 fully saturated rings. The summed E-state index contributed by atoms with van der Waals surface area (Å²) in [5.41, 5.74) is 10.7. The minimum Gasteiger partial charge on any atom is -0.480 e. The van der Waals surface area contributed by atoms with Crippen LogP contribution in [0, 0.1) is 0 Å². The highest BCUT2D eigenvalue weighted by molar-refractivity contribution is 5.94. The topological polar surface area (TPSA) is 92.4 Å². The van der Waals surface area contributed by atoms with Crippen LogP contribution < -0.4 is 11.1 Å². The number of nitrogens with one attached hydrogen (secondary N) is 1. The SMILES string of the molecule is N[C@@H](Cc1ccc(C(=O)NC2CC(c3ccccc3-c3ccccc3)C2)cc1)C(=O)O. The summed E-state index contributed by atoms with van der Waals surface area (Å²) >= 11 is 0. The number of hydrogen-bond donors (Lipinski definition) is 3. The molecule has 1 aliphatic rings. The molecule has 3 aromatic rings. The monoisotopic (exact) mass is 414 g/mol. The Morgan fingerprint density at radius 3 is 2.26 bits per heavy atom. The van der Waals surface area contributed by atoms with Crippen LogP contribution in [0.3, 0.4) is 0 Å². The molecule has 4 rings (SSSR count). The van der Waals surface area contributed by atoms with E-state index in [0.29, 0.717) is 11.5 Å². The van der Waals surface area contributed by atoms with Crippen molar-refractivity contribution in [3.05, 3.63) is 95.6 Å². The second kappa shape index (κ2) is 9.14. The number of aliphatic carboxylic acids is 1. The van der Waals surface area contributed by atoms with Crippen molar-refractivity contribution in [3.8, 4) is 11.1 Å². The number of hydrogen-bond acceptors (Lipinski definition) is 3. The smallest absolute Gasteiger partial charge is 0.320 e. The van der Waals surface area contributed by atoms with Gasteiger partial charge in [-0.25, -0.2) is 0 Å². The van der Waals surface area contributed by atoms with Gasteiger partial charge in [0.1, 0.15) is 6.04 Å². The van der Waals surface area contributed by atoms with E-state index >= 15 is 0 Å². The zero-order valence-corrected chi connectivity index (χ0v) is 17.2. The van der Waals surface area contributed by atoms with E-state index in [2.05, 4.69) is 53.8 Å². The third kappa shape index (κ3) is 4.84. The number of rotatable bonds is 7. The predicted molar refractivity (Wildman–Crippen MR) is 121 cm³/mol. The van der Waals surface area contributed by atoms with Crippen molar-refractivity contribution in [1.82, 2.24) is 5.32 Å². The van der Waals surface area contributed by atoms with Gasteiger partial charge in [0.15, 0.2) is 0 Å². The van der Waals surface area contributed by atoms with E-state index in [9.17, 15) is 9.59 Å². The van der Waals surface area contributed by atoms with E-state index < -0.39 is 12.0 Å². The lowest BCUT2D eigenvalue weighted by Gasteiger charge is -2.37. The average molecular weight is 415 g/mol. The van der Waals surface area contributed by atoms with Crippen LogP contribution in [0.15, 0.2) is 78.9 Å². The van der Waals surface area contributed by atoms with Crippen LogP contribution >= 0.6 is 0 Å². The molecule has 5 nitrogen and oxygen atoms in total. The van der Waals surface area contributed by atoms with Gasteiger partial charge < -0.3 is 16.2 Å². The van der Waals surface area contributed by atoms with Crippen LogP contribution in [-0.2, 0) is 11.2 Å². The summed E-state index contributed by atoms with van der Waals surface area (Å²) in [5.74, 6) is -0.703. The standard InChI is InChI=1S/C26H26N2O3/c27-24(26(30)31)14-17-10-12-19(13-11-17)25(29)28-21-15-20(16-21)23-9-5-4-8-22(23)18-6-2-1-3-7-18/h1-13,20-21,24H,14-16,27H2,(H,28,29)(H,30,31)/t20?,21?,24-/m0/s1. The van der Waals surface area contributed by atoms with E-state index in [4.69, 9.17) is 10.8 Å². The van der Waals surface area contributed by atoms with Crippen molar-refractivity contribution in [2.75, 3.05) is 0 Å².